The summed E-state index contributed by atoms with van der Waals surface area (Å²) < 4.78 is 0. The van der Waals surface area contributed by atoms with Gasteiger partial charge < -0.3 is 9.80 Å². The van der Waals surface area contributed by atoms with E-state index in [-0.39, 0.29) is 5.92 Å². The summed E-state index contributed by atoms with van der Waals surface area (Å²) in [7, 11) is 2.12. The maximum atomic E-state index is 12.8. The van der Waals surface area contributed by atoms with Crippen molar-refractivity contribution in [2.75, 3.05) is 33.2 Å². The first-order valence-electron chi connectivity index (χ1n) is 8.72. The van der Waals surface area contributed by atoms with E-state index in [4.69, 9.17) is 4.98 Å². The number of hydrogen-bond acceptors (Lipinski definition) is 4. The Balaban J connectivity index is 1.48. The Morgan fingerprint density at radius 3 is 2.67 bits per heavy atom. The first-order valence-corrected chi connectivity index (χ1v) is 9.53. The van der Waals surface area contributed by atoms with Crippen LogP contribution in [0.5, 0.6) is 0 Å². The van der Waals surface area contributed by atoms with Gasteiger partial charge in [0.1, 0.15) is 5.01 Å². The molecule has 1 unspecified atom stereocenters. The van der Waals surface area contributed by atoms with Gasteiger partial charge in [-0.05, 0) is 26.3 Å². The van der Waals surface area contributed by atoms with E-state index in [1.165, 1.54) is 16.1 Å². The summed E-state index contributed by atoms with van der Waals surface area (Å²) in [6.07, 6.45) is 2.74. The van der Waals surface area contributed by atoms with E-state index >= 15 is 0 Å². The number of rotatable bonds is 2. The van der Waals surface area contributed by atoms with Crippen molar-refractivity contribution in [2.45, 2.75) is 19.3 Å². The quantitative estimate of drug-likeness (QED) is 0.843. The number of likely N-dealkylation sites (N-methyl/N-ethyl adjacent to an activating group) is 1. The molecule has 1 fully saturated rings. The van der Waals surface area contributed by atoms with Crippen molar-refractivity contribution in [3.8, 4) is 10.6 Å². The molecule has 1 aromatic heterocycles. The Morgan fingerprint density at radius 2 is 1.92 bits per heavy atom. The van der Waals surface area contributed by atoms with Crippen molar-refractivity contribution < 1.29 is 4.79 Å². The number of nitrogens with zero attached hydrogens (tertiary/aromatic N) is 3. The number of amides is 1. The van der Waals surface area contributed by atoms with E-state index in [2.05, 4.69) is 41.1 Å². The first kappa shape index (κ1) is 15.8. The zero-order valence-corrected chi connectivity index (χ0v) is 14.9. The Morgan fingerprint density at radius 1 is 1.17 bits per heavy atom. The number of benzene rings is 1. The Kier molecular flexibility index (Phi) is 4.37. The van der Waals surface area contributed by atoms with Gasteiger partial charge in [0.25, 0.3) is 0 Å². The van der Waals surface area contributed by atoms with Crippen LogP contribution in [0.25, 0.3) is 10.6 Å². The lowest BCUT2D eigenvalue weighted by Gasteiger charge is -2.35. The fourth-order valence-electron chi connectivity index (χ4n) is 3.57. The van der Waals surface area contributed by atoms with E-state index in [0.29, 0.717) is 5.91 Å². The van der Waals surface area contributed by atoms with Gasteiger partial charge in [-0.15, -0.1) is 11.3 Å². The van der Waals surface area contributed by atoms with Crippen LogP contribution in [0.15, 0.2) is 30.3 Å². The van der Waals surface area contributed by atoms with Gasteiger partial charge in [0.05, 0.1) is 5.69 Å². The molecule has 1 saturated heterocycles. The minimum Gasteiger partial charge on any atom is -0.340 e. The van der Waals surface area contributed by atoms with Crippen LogP contribution in [-0.2, 0) is 17.6 Å². The number of carbonyl (C=O) groups is 1. The van der Waals surface area contributed by atoms with Gasteiger partial charge in [-0.3, -0.25) is 4.79 Å². The fourth-order valence-corrected chi connectivity index (χ4v) is 4.77. The number of hydrogen-bond donors (Lipinski definition) is 0. The van der Waals surface area contributed by atoms with Crippen LogP contribution in [0.4, 0.5) is 0 Å². The third kappa shape index (κ3) is 3.10. The van der Waals surface area contributed by atoms with E-state index < -0.39 is 0 Å². The average Bonchev–Trinajstić information content (AvgIpc) is 3.06. The Hall–Kier alpha value is -1.72. The number of piperazine rings is 1. The lowest BCUT2D eigenvalue weighted by Crippen LogP contribution is -2.49. The van der Waals surface area contributed by atoms with Crippen molar-refractivity contribution in [1.82, 2.24) is 14.8 Å². The van der Waals surface area contributed by atoms with E-state index in [9.17, 15) is 4.79 Å². The second kappa shape index (κ2) is 6.65. The van der Waals surface area contributed by atoms with Gasteiger partial charge in [-0.1, -0.05) is 30.3 Å². The lowest BCUT2D eigenvalue weighted by molar-refractivity contribution is -0.137. The van der Waals surface area contributed by atoms with E-state index in [1.54, 1.807) is 11.3 Å². The molecule has 1 amide bonds. The summed E-state index contributed by atoms with van der Waals surface area (Å²) in [6.45, 7) is 3.72. The minimum absolute atomic E-state index is 0.143. The topological polar surface area (TPSA) is 36.4 Å². The van der Waals surface area contributed by atoms with Gasteiger partial charge >= 0.3 is 0 Å². The zero-order valence-electron chi connectivity index (χ0n) is 14.1. The smallest absolute Gasteiger partial charge is 0.226 e. The maximum absolute atomic E-state index is 12.8. The molecule has 0 saturated carbocycles. The summed E-state index contributed by atoms with van der Waals surface area (Å²) >= 11 is 1.77. The van der Waals surface area contributed by atoms with Crippen LogP contribution in [0, 0.1) is 5.92 Å². The molecule has 0 bridgehead atoms. The SMILES string of the molecule is CN1CCN(C(=O)C2CCc3nc(-c4ccccc4)sc3C2)CC1. The highest BCUT2D eigenvalue weighted by atomic mass is 32.1. The summed E-state index contributed by atoms with van der Waals surface area (Å²) in [6, 6.07) is 10.3. The summed E-state index contributed by atoms with van der Waals surface area (Å²) in [5, 5.41) is 1.09. The molecule has 5 heteroatoms. The summed E-state index contributed by atoms with van der Waals surface area (Å²) in [5.74, 6) is 0.494. The highest BCUT2D eigenvalue weighted by molar-refractivity contribution is 7.15. The molecule has 0 radical (unpaired) electrons. The molecule has 2 aromatic rings. The molecule has 2 heterocycles. The molecule has 4 nitrogen and oxygen atoms in total. The second-order valence-electron chi connectivity index (χ2n) is 6.82. The number of fused-ring (bicyclic) bond motifs is 1. The molecule has 1 aromatic carbocycles. The number of thiazole rings is 1. The molecule has 24 heavy (non-hydrogen) atoms. The van der Waals surface area contributed by atoms with Crippen molar-refractivity contribution in [3.63, 3.8) is 0 Å². The zero-order chi connectivity index (χ0) is 16.5. The van der Waals surface area contributed by atoms with Crippen molar-refractivity contribution in [1.29, 1.82) is 0 Å². The maximum Gasteiger partial charge on any atom is 0.226 e. The normalized spacial score (nSPS) is 21.5. The molecule has 1 aliphatic heterocycles. The molecular formula is C19H23N3OS. The second-order valence-corrected chi connectivity index (χ2v) is 7.91. The van der Waals surface area contributed by atoms with Crippen LogP contribution < -0.4 is 0 Å². The largest absolute Gasteiger partial charge is 0.340 e. The first-order chi connectivity index (χ1) is 11.7. The minimum atomic E-state index is 0.143. The Labute approximate surface area is 147 Å². The standard InChI is InChI=1S/C19H23N3OS/c1-21-9-11-22(12-10-21)19(23)15-7-8-16-17(13-15)24-18(20-16)14-5-3-2-4-6-14/h2-6,15H,7-13H2,1H3. The van der Waals surface area contributed by atoms with Gasteiger partial charge in [0.15, 0.2) is 0 Å². The van der Waals surface area contributed by atoms with Gasteiger partial charge in [-0.2, -0.15) is 0 Å². The van der Waals surface area contributed by atoms with E-state index in [1.807, 2.05) is 6.07 Å². The predicted molar refractivity (Wildman–Crippen MR) is 97.1 cm³/mol. The molecular weight excluding hydrogens is 318 g/mol. The molecule has 0 N–H and O–H groups in total. The van der Waals surface area contributed by atoms with Crippen LogP contribution in [0.3, 0.4) is 0 Å². The molecule has 126 valence electrons. The molecule has 4 rings (SSSR count). The van der Waals surface area contributed by atoms with Crippen molar-refractivity contribution in [2.24, 2.45) is 5.92 Å². The fraction of sp³-hybridized carbons (Fsp3) is 0.474. The lowest BCUT2D eigenvalue weighted by atomic mass is 9.90. The van der Waals surface area contributed by atoms with Gasteiger partial charge in [0.2, 0.25) is 5.91 Å². The highest BCUT2D eigenvalue weighted by Crippen LogP contribution is 2.35. The third-order valence-electron chi connectivity index (χ3n) is 5.12. The van der Waals surface area contributed by atoms with Gasteiger partial charge in [0, 0.05) is 42.5 Å². The highest BCUT2D eigenvalue weighted by Gasteiger charge is 2.31. The molecule has 0 spiro atoms. The van der Waals surface area contributed by atoms with Gasteiger partial charge in [-0.25, -0.2) is 4.98 Å². The predicted octanol–water partition coefficient (Wildman–Crippen LogP) is 2.69. The number of aromatic nitrogens is 1. The number of carbonyl (C=O) groups excluding carboxylic acids is 1. The van der Waals surface area contributed by atoms with Crippen LogP contribution in [0.2, 0.25) is 0 Å². The van der Waals surface area contributed by atoms with E-state index in [0.717, 1.165) is 50.4 Å². The summed E-state index contributed by atoms with van der Waals surface area (Å²) in [4.78, 5) is 23.3. The van der Waals surface area contributed by atoms with Crippen molar-refractivity contribution in [3.05, 3.63) is 40.9 Å². The third-order valence-corrected chi connectivity index (χ3v) is 6.29. The number of aryl methyl sites for hydroxylation is 1. The molecule has 1 atom stereocenters. The monoisotopic (exact) mass is 341 g/mol. The van der Waals surface area contributed by atoms with Crippen LogP contribution in [0.1, 0.15) is 17.0 Å². The van der Waals surface area contributed by atoms with Crippen LogP contribution >= 0.6 is 11.3 Å². The average molecular weight is 341 g/mol. The van der Waals surface area contributed by atoms with Crippen molar-refractivity contribution >= 4 is 17.2 Å². The summed E-state index contributed by atoms with van der Waals surface area (Å²) in [5.41, 5.74) is 2.39. The molecule has 2 aliphatic rings. The Bertz CT molecular complexity index is 719. The van der Waals surface area contributed by atoms with Crippen LogP contribution in [-0.4, -0.2) is 53.9 Å². The molecule has 1 aliphatic carbocycles.